The summed E-state index contributed by atoms with van der Waals surface area (Å²) in [7, 11) is 0. The van der Waals surface area contributed by atoms with Crippen molar-refractivity contribution in [2.24, 2.45) is 5.73 Å². The van der Waals surface area contributed by atoms with Gasteiger partial charge < -0.3 is 20.5 Å². The minimum Gasteiger partial charge on any atom is -0.507 e. The number of nitrogens with zero attached hydrogens (tertiary/aromatic N) is 1. The van der Waals surface area contributed by atoms with Crippen LogP contribution < -0.4 is 5.73 Å². The van der Waals surface area contributed by atoms with E-state index in [1.807, 2.05) is 0 Å². The second kappa shape index (κ2) is 5.32. The van der Waals surface area contributed by atoms with Gasteiger partial charge in [-0.3, -0.25) is 4.79 Å². The Labute approximate surface area is 104 Å². The maximum Gasteiger partial charge on any atom is 0.260 e. The normalized spacial score (nSPS) is 19.9. The number of hydrogen-bond donors (Lipinski definition) is 2. The van der Waals surface area contributed by atoms with Crippen LogP contribution in [0.5, 0.6) is 5.75 Å². The third-order valence-electron chi connectivity index (χ3n) is 2.89. The quantitative estimate of drug-likeness (QED) is 0.797. The van der Waals surface area contributed by atoms with E-state index >= 15 is 0 Å². The number of phenolic OH excluding ortho intramolecular Hbond substituents is 1. The molecule has 0 bridgehead atoms. The lowest BCUT2D eigenvalue weighted by molar-refractivity contribution is -0.0170. The Bertz CT molecular complexity index is 433. The minimum atomic E-state index is -0.726. The first kappa shape index (κ1) is 12.8. The molecule has 1 saturated heterocycles. The zero-order chi connectivity index (χ0) is 13.1. The average molecular weight is 254 g/mol. The van der Waals surface area contributed by atoms with Crippen LogP contribution in [0.25, 0.3) is 0 Å². The van der Waals surface area contributed by atoms with Gasteiger partial charge in [0.2, 0.25) is 0 Å². The summed E-state index contributed by atoms with van der Waals surface area (Å²) in [6.07, 6.45) is -0.239. The van der Waals surface area contributed by atoms with Gasteiger partial charge in [0.1, 0.15) is 17.1 Å². The fraction of sp³-hybridized carbons (Fsp3) is 0.417. The number of phenols is 1. The van der Waals surface area contributed by atoms with E-state index in [-0.39, 0.29) is 17.4 Å². The van der Waals surface area contributed by atoms with Crippen molar-refractivity contribution in [3.63, 3.8) is 0 Å². The number of nitrogens with two attached hydrogens (primary N) is 1. The van der Waals surface area contributed by atoms with Crippen LogP contribution in [0.4, 0.5) is 4.39 Å². The Morgan fingerprint density at radius 1 is 1.61 bits per heavy atom. The number of morpholine rings is 1. The fourth-order valence-corrected chi connectivity index (χ4v) is 1.93. The number of aromatic hydroxyl groups is 1. The van der Waals surface area contributed by atoms with Gasteiger partial charge in [-0.2, -0.15) is 0 Å². The van der Waals surface area contributed by atoms with Crippen molar-refractivity contribution >= 4 is 5.91 Å². The summed E-state index contributed by atoms with van der Waals surface area (Å²) in [6.45, 7) is 1.34. The average Bonchev–Trinajstić information content (AvgIpc) is 2.38. The highest BCUT2D eigenvalue weighted by atomic mass is 19.1. The molecule has 1 amide bonds. The molecule has 1 aliphatic rings. The molecule has 0 saturated carbocycles. The minimum absolute atomic E-state index is 0.239. The summed E-state index contributed by atoms with van der Waals surface area (Å²) in [4.78, 5) is 13.6. The Hall–Kier alpha value is -1.66. The second-order valence-corrected chi connectivity index (χ2v) is 4.11. The molecule has 6 heteroatoms. The summed E-state index contributed by atoms with van der Waals surface area (Å²) in [5, 5.41) is 9.57. The molecule has 1 aromatic rings. The van der Waals surface area contributed by atoms with Gasteiger partial charge in [0.15, 0.2) is 0 Å². The van der Waals surface area contributed by atoms with Gasteiger partial charge in [0.25, 0.3) is 5.91 Å². The molecular weight excluding hydrogens is 239 g/mol. The molecule has 0 spiro atoms. The molecule has 1 fully saturated rings. The summed E-state index contributed by atoms with van der Waals surface area (Å²) in [6, 6.07) is 3.79. The summed E-state index contributed by atoms with van der Waals surface area (Å²) < 4.78 is 18.9. The SMILES string of the molecule is NCC1CN(C(=O)c2c(O)cccc2F)CCO1. The van der Waals surface area contributed by atoms with Crippen molar-refractivity contribution in [3.05, 3.63) is 29.6 Å². The van der Waals surface area contributed by atoms with Crippen molar-refractivity contribution in [1.29, 1.82) is 0 Å². The molecule has 98 valence electrons. The van der Waals surface area contributed by atoms with Crippen molar-refractivity contribution in [1.82, 2.24) is 4.90 Å². The molecule has 0 aromatic heterocycles. The van der Waals surface area contributed by atoms with E-state index in [1.54, 1.807) is 0 Å². The number of hydrogen-bond acceptors (Lipinski definition) is 4. The van der Waals surface area contributed by atoms with E-state index in [1.165, 1.54) is 17.0 Å². The third kappa shape index (κ3) is 2.44. The van der Waals surface area contributed by atoms with Crippen LogP contribution in [0.1, 0.15) is 10.4 Å². The van der Waals surface area contributed by atoms with Crippen LogP contribution in [0.2, 0.25) is 0 Å². The molecule has 1 aromatic carbocycles. The fourth-order valence-electron chi connectivity index (χ4n) is 1.93. The molecular formula is C12H15FN2O3. The molecule has 1 aliphatic heterocycles. The standard InChI is InChI=1S/C12H15FN2O3/c13-9-2-1-3-10(16)11(9)12(17)15-4-5-18-8(6-14)7-15/h1-3,8,16H,4-7,14H2. The molecule has 0 aliphatic carbocycles. The van der Waals surface area contributed by atoms with E-state index in [0.717, 1.165) is 6.07 Å². The Morgan fingerprint density at radius 2 is 2.39 bits per heavy atom. The molecule has 1 atom stereocenters. The smallest absolute Gasteiger partial charge is 0.260 e. The highest BCUT2D eigenvalue weighted by molar-refractivity contribution is 5.97. The van der Waals surface area contributed by atoms with E-state index in [9.17, 15) is 14.3 Å². The first-order valence-corrected chi connectivity index (χ1v) is 5.72. The number of halogens is 1. The van der Waals surface area contributed by atoms with Crippen LogP contribution in [0.3, 0.4) is 0 Å². The van der Waals surface area contributed by atoms with Crippen LogP contribution in [0.15, 0.2) is 18.2 Å². The van der Waals surface area contributed by atoms with Crippen molar-refractivity contribution in [2.45, 2.75) is 6.10 Å². The van der Waals surface area contributed by atoms with E-state index < -0.39 is 11.7 Å². The molecule has 3 N–H and O–H groups in total. The van der Waals surface area contributed by atoms with Gasteiger partial charge in [-0.1, -0.05) is 6.07 Å². The monoisotopic (exact) mass is 254 g/mol. The maximum absolute atomic E-state index is 13.6. The van der Waals surface area contributed by atoms with Crippen molar-refractivity contribution in [3.8, 4) is 5.75 Å². The third-order valence-corrected chi connectivity index (χ3v) is 2.89. The molecule has 0 radical (unpaired) electrons. The van der Waals surface area contributed by atoms with Gasteiger partial charge in [-0.05, 0) is 12.1 Å². The second-order valence-electron chi connectivity index (χ2n) is 4.11. The topological polar surface area (TPSA) is 75.8 Å². The van der Waals surface area contributed by atoms with Crippen molar-refractivity contribution in [2.75, 3.05) is 26.2 Å². The highest BCUT2D eigenvalue weighted by Crippen LogP contribution is 2.22. The Morgan fingerprint density at radius 3 is 3.06 bits per heavy atom. The van der Waals surface area contributed by atoms with Crippen LogP contribution in [-0.4, -0.2) is 48.3 Å². The Balaban J connectivity index is 2.20. The lowest BCUT2D eigenvalue weighted by Crippen LogP contribution is -2.48. The number of carbonyl (C=O) groups excluding carboxylic acids is 1. The largest absolute Gasteiger partial charge is 0.507 e. The molecule has 5 nitrogen and oxygen atoms in total. The molecule has 18 heavy (non-hydrogen) atoms. The van der Waals surface area contributed by atoms with Gasteiger partial charge in [-0.25, -0.2) is 4.39 Å². The number of carbonyl (C=O) groups is 1. The number of ether oxygens (including phenoxy) is 1. The number of amides is 1. The zero-order valence-electron chi connectivity index (χ0n) is 9.80. The zero-order valence-corrected chi connectivity index (χ0v) is 9.80. The first-order valence-electron chi connectivity index (χ1n) is 5.72. The lowest BCUT2D eigenvalue weighted by Gasteiger charge is -2.32. The summed E-state index contributed by atoms with van der Waals surface area (Å²) in [5.41, 5.74) is 5.18. The van der Waals surface area contributed by atoms with Crippen molar-refractivity contribution < 1.29 is 19.0 Å². The maximum atomic E-state index is 13.6. The van der Waals surface area contributed by atoms with Crippen LogP contribution in [0, 0.1) is 5.82 Å². The predicted octanol–water partition coefficient (Wildman–Crippen LogP) is 0.331. The van der Waals surface area contributed by atoms with E-state index in [0.29, 0.717) is 26.2 Å². The number of rotatable bonds is 2. The predicted molar refractivity (Wildman–Crippen MR) is 62.8 cm³/mol. The number of benzene rings is 1. The molecule has 2 rings (SSSR count). The Kier molecular flexibility index (Phi) is 3.78. The summed E-state index contributed by atoms with van der Waals surface area (Å²) in [5.74, 6) is -1.61. The van der Waals surface area contributed by atoms with E-state index in [4.69, 9.17) is 10.5 Å². The van der Waals surface area contributed by atoms with E-state index in [2.05, 4.69) is 0 Å². The first-order chi connectivity index (χ1) is 8.63. The van der Waals surface area contributed by atoms with Gasteiger partial charge in [-0.15, -0.1) is 0 Å². The van der Waals surface area contributed by atoms with Crippen LogP contribution >= 0.6 is 0 Å². The summed E-state index contributed by atoms with van der Waals surface area (Å²) >= 11 is 0. The molecule has 1 heterocycles. The van der Waals surface area contributed by atoms with Gasteiger partial charge in [0.05, 0.1) is 12.7 Å². The van der Waals surface area contributed by atoms with Gasteiger partial charge >= 0.3 is 0 Å². The van der Waals surface area contributed by atoms with Gasteiger partial charge in [0, 0.05) is 19.6 Å². The van der Waals surface area contributed by atoms with Crippen LogP contribution in [-0.2, 0) is 4.74 Å². The highest BCUT2D eigenvalue weighted by Gasteiger charge is 2.27. The lowest BCUT2D eigenvalue weighted by atomic mass is 10.1. The molecule has 1 unspecified atom stereocenters.